The maximum Gasteiger partial charge on any atom is 0.148 e. The van der Waals surface area contributed by atoms with E-state index in [-0.39, 0.29) is 0 Å². The maximum absolute atomic E-state index is 6.38. The number of hydrogen-bond donors (Lipinski definition) is 0. The molecule has 3 aromatic heterocycles. The molecule has 7 aromatic rings. The highest BCUT2D eigenvalue weighted by Gasteiger charge is 2.22. The lowest BCUT2D eigenvalue weighted by Gasteiger charge is -2.16. The number of para-hydroxylation sites is 2. The van der Waals surface area contributed by atoms with E-state index in [1.54, 1.807) is 0 Å². The van der Waals surface area contributed by atoms with E-state index in [1.807, 2.05) is 42.7 Å². The van der Waals surface area contributed by atoms with Crippen molar-refractivity contribution in [3.63, 3.8) is 0 Å². The van der Waals surface area contributed by atoms with E-state index in [2.05, 4.69) is 61.7 Å². The molecule has 0 aliphatic carbocycles. The molecular weight excluding hydrogens is 420 g/mol. The van der Waals surface area contributed by atoms with Gasteiger partial charge in [-0.15, -0.1) is 0 Å². The Morgan fingerprint density at radius 1 is 0.676 bits per heavy atom. The van der Waals surface area contributed by atoms with Crippen molar-refractivity contribution in [3.8, 4) is 17.1 Å². The van der Waals surface area contributed by atoms with Crippen LogP contribution in [0, 0.1) is 20.8 Å². The molecule has 0 N–H and O–H groups in total. The summed E-state index contributed by atoms with van der Waals surface area (Å²) in [5.74, 6) is 0.865. The highest BCUT2D eigenvalue weighted by atomic mass is 16.3. The number of imidazole rings is 1. The minimum Gasteiger partial charge on any atom is -0.456 e. The fraction of sp³-hybridized carbons (Fsp3) is 0.100. The summed E-state index contributed by atoms with van der Waals surface area (Å²) in [5.41, 5.74) is 9.08. The van der Waals surface area contributed by atoms with Gasteiger partial charge in [-0.25, -0.2) is 4.98 Å². The lowest BCUT2D eigenvalue weighted by molar-refractivity contribution is 0.665. The topological polar surface area (TPSA) is 44.1 Å². The highest BCUT2D eigenvalue weighted by molar-refractivity contribution is 6.10. The molecule has 4 aromatic carbocycles. The fourth-order valence-corrected chi connectivity index (χ4v) is 5.38. The Hall–Kier alpha value is -4.31. The van der Waals surface area contributed by atoms with Gasteiger partial charge in [0.1, 0.15) is 28.2 Å². The van der Waals surface area contributed by atoms with E-state index in [1.165, 1.54) is 5.56 Å². The van der Waals surface area contributed by atoms with E-state index in [9.17, 15) is 0 Å². The largest absolute Gasteiger partial charge is 0.456 e. The summed E-state index contributed by atoms with van der Waals surface area (Å²) in [4.78, 5) is 4.82. The van der Waals surface area contributed by atoms with Gasteiger partial charge in [0.15, 0.2) is 0 Å². The monoisotopic (exact) mass is 442 g/mol. The number of furan rings is 2. The number of aryl methyl sites for hydroxylation is 3. The van der Waals surface area contributed by atoms with E-state index >= 15 is 0 Å². The van der Waals surface area contributed by atoms with Crippen molar-refractivity contribution >= 4 is 43.9 Å². The molecule has 0 saturated carbocycles. The molecular formula is C30H22N2O2. The summed E-state index contributed by atoms with van der Waals surface area (Å²) < 4.78 is 14.9. The zero-order valence-corrected chi connectivity index (χ0v) is 19.2. The molecule has 0 bridgehead atoms. The first-order valence-electron chi connectivity index (χ1n) is 11.5. The van der Waals surface area contributed by atoms with Gasteiger partial charge >= 0.3 is 0 Å². The summed E-state index contributed by atoms with van der Waals surface area (Å²) in [6.45, 7) is 6.40. The summed E-state index contributed by atoms with van der Waals surface area (Å²) in [6.07, 6.45) is 3.89. The number of hydrogen-bond acceptors (Lipinski definition) is 3. The number of nitrogens with zero attached hydrogens (tertiary/aromatic N) is 2. The van der Waals surface area contributed by atoms with Crippen molar-refractivity contribution in [3.05, 3.63) is 95.8 Å². The molecule has 0 fully saturated rings. The Labute approximate surface area is 196 Å². The third-order valence-electron chi connectivity index (χ3n) is 6.92. The molecule has 4 heteroatoms. The molecule has 0 amide bonds. The van der Waals surface area contributed by atoms with E-state index in [0.717, 1.165) is 72.1 Å². The van der Waals surface area contributed by atoms with E-state index in [0.29, 0.717) is 0 Å². The zero-order valence-electron chi connectivity index (χ0n) is 19.2. The first-order valence-corrected chi connectivity index (χ1v) is 11.5. The lowest BCUT2D eigenvalue weighted by atomic mass is 10.0. The van der Waals surface area contributed by atoms with Crippen LogP contribution in [0.25, 0.3) is 61.0 Å². The Balaban J connectivity index is 1.53. The van der Waals surface area contributed by atoms with E-state index in [4.69, 9.17) is 13.8 Å². The maximum atomic E-state index is 6.38. The van der Waals surface area contributed by atoms with Crippen molar-refractivity contribution in [1.82, 2.24) is 9.55 Å². The molecule has 0 aliphatic rings. The van der Waals surface area contributed by atoms with Crippen LogP contribution < -0.4 is 0 Å². The summed E-state index contributed by atoms with van der Waals surface area (Å²) >= 11 is 0. The van der Waals surface area contributed by atoms with Crippen LogP contribution in [0.5, 0.6) is 0 Å². The van der Waals surface area contributed by atoms with Gasteiger partial charge in [-0.05, 0) is 50.1 Å². The molecule has 34 heavy (non-hydrogen) atoms. The smallest absolute Gasteiger partial charge is 0.148 e. The standard InChI is InChI=1S/C30H22N2O2/c1-17-12-13-22-20-8-4-6-10-24(20)34-29(22)26(17)30-31-14-15-32(30)27-18(2)16-23-21-9-5-7-11-25(21)33-28(23)19(27)3/h4-16H,1-3H3. The Morgan fingerprint density at radius 3 is 2.12 bits per heavy atom. The Kier molecular flexibility index (Phi) is 3.86. The van der Waals surface area contributed by atoms with Crippen molar-refractivity contribution in [2.24, 2.45) is 0 Å². The van der Waals surface area contributed by atoms with Gasteiger partial charge < -0.3 is 8.83 Å². The second-order valence-electron chi connectivity index (χ2n) is 9.00. The Bertz CT molecular complexity index is 1900. The third-order valence-corrected chi connectivity index (χ3v) is 6.92. The minimum atomic E-state index is 0.865. The molecule has 0 radical (unpaired) electrons. The molecule has 0 unspecified atom stereocenters. The number of rotatable bonds is 2. The Morgan fingerprint density at radius 2 is 1.35 bits per heavy atom. The number of benzene rings is 4. The molecule has 0 aliphatic heterocycles. The van der Waals surface area contributed by atoms with Crippen molar-refractivity contribution in [2.45, 2.75) is 20.8 Å². The summed E-state index contributed by atoms with van der Waals surface area (Å²) in [5, 5.41) is 4.51. The molecule has 0 spiro atoms. The van der Waals surface area contributed by atoms with Gasteiger partial charge in [-0.2, -0.15) is 0 Å². The summed E-state index contributed by atoms with van der Waals surface area (Å²) in [6, 6.07) is 22.9. The molecule has 0 atom stereocenters. The lowest BCUT2D eigenvalue weighted by Crippen LogP contribution is -2.03. The first-order chi connectivity index (χ1) is 16.6. The van der Waals surface area contributed by atoms with Gasteiger partial charge in [0, 0.05) is 39.5 Å². The minimum absolute atomic E-state index is 0.865. The van der Waals surface area contributed by atoms with Crippen molar-refractivity contribution in [2.75, 3.05) is 0 Å². The summed E-state index contributed by atoms with van der Waals surface area (Å²) in [7, 11) is 0. The zero-order chi connectivity index (χ0) is 23.0. The number of fused-ring (bicyclic) bond motifs is 6. The van der Waals surface area contributed by atoms with Crippen LogP contribution in [-0.4, -0.2) is 9.55 Å². The van der Waals surface area contributed by atoms with Crippen LogP contribution in [0.1, 0.15) is 16.7 Å². The van der Waals surface area contributed by atoms with Gasteiger partial charge in [0.2, 0.25) is 0 Å². The average Bonchev–Trinajstić information content (AvgIpc) is 3.55. The van der Waals surface area contributed by atoms with Crippen LogP contribution in [0.15, 0.2) is 88.0 Å². The second kappa shape index (κ2) is 6.84. The molecule has 7 rings (SSSR count). The predicted molar refractivity (Wildman–Crippen MR) is 138 cm³/mol. The quantitative estimate of drug-likeness (QED) is 0.271. The van der Waals surface area contributed by atoms with Gasteiger partial charge in [-0.1, -0.05) is 48.5 Å². The highest BCUT2D eigenvalue weighted by Crippen LogP contribution is 2.40. The van der Waals surface area contributed by atoms with Crippen LogP contribution >= 0.6 is 0 Å². The predicted octanol–water partition coefficient (Wildman–Crippen LogP) is 8.26. The van der Waals surface area contributed by atoms with Crippen LogP contribution in [0.2, 0.25) is 0 Å². The SMILES string of the molecule is Cc1cc2c(oc3ccccc32)c(C)c1-n1ccnc1-c1c(C)ccc2c1oc1ccccc12. The van der Waals surface area contributed by atoms with Crippen molar-refractivity contribution < 1.29 is 8.83 Å². The normalized spacial score (nSPS) is 12.0. The molecule has 3 heterocycles. The fourth-order valence-electron chi connectivity index (χ4n) is 5.38. The molecule has 164 valence electrons. The van der Waals surface area contributed by atoms with Crippen LogP contribution in [0.3, 0.4) is 0 Å². The van der Waals surface area contributed by atoms with Crippen LogP contribution in [0.4, 0.5) is 0 Å². The van der Waals surface area contributed by atoms with Gasteiger partial charge in [0.05, 0.1) is 11.3 Å². The molecule has 4 nitrogen and oxygen atoms in total. The second-order valence-corrected chi connectivity index (χ2v) is 9.00. The number of aromatic nitrogens is 2. The van der Waals surface area contributed by atoms with Gasteiger partial charge in [-0.3, -0.25) is 4.57 Å². The van der Waals surface area contributed by atoms with E-state index < -0.39 is 0 Å². The van der Waals surface area contributed by atoms with Gasteiger partial charge in [0.25, 0.3) is 0 Å². The molecule has 0 saturated heterocycles. The third kappa shape index (κ3) is 2.51. The van der Waals surface area contributed by atoms with Crippen molar-refractivity contribution in [1.29, 1.82) is 0 Å². The van der Waals surface area contributed by atoms with Crippen LogP contribution in [-0.2, 0) is 0 Å². The average molecular weight is 443 g/mol. The first kappa shape index (κ1) is 19.2.